The molecule has 0 spiro atoms. The smallest absolute Gasteiger partial charge is 0.324 e. The van der Waals surface area contributed by atoms with Gasteiger partial charge >= 0.3 is 15.2 Å². The van der Waals surface area contributed by atoms with E-state index in [0.717, 1.165) is 12.0 Å². The first kappa shape index (κ1) is 17.6. The van der Waals surface area contributed by atoms with E-state index >= 15 is 0 Å². The van der Waals surface area contributed by atoms with Crippen molar-refractivity contribution in [1.82, 2.24) is 0 Å². The van der Waals surface area contributed by atoms with Crippen molar-refractivity contribution in [2.24, 2.45) is 5.92 Å². The number of aryl methyl sites for hydroxylation is 1. The molecule has 0 aliphatic carbocycles. The number of rotatable bonds is 8. The minimum absolute atomic E-state index is 0.380. The van der Waals surface area contributed by atoms with Gasteiger partial charge in [-0.3, -0.25) is 9.13 Å². The molecule has 0 bridgehead atoms. The molecule has 0 fully saturated rings. The minimum atomic E-state index is -4.26. The summed E-state index contributed by atoms with van der Waals surface area (Å²) in [5, 5.41) is 0. The molecular formula is C12H20O6P2. The fraction of sp³-hybridized carbons (Fsp3) is 0.500. The van der Waals surface area contributed by atoms with Crippen LogP contribution in [-0.2, 0) is 15.6 Å². The maximum atomic E-state index is 11.0. The zero-order valence-electron chi connectivity index (χ0n) is 11.0. The van der Waals surface area contributed by atoms with Gasteiger partial charge in [-0.1, -0.05) is 30.3 Å². The molecule has 20 heavy (non-hydrogen) atoms. The van der Waals surface area contributed by atoms with Gasteiger partial charge in [0.15, 0.2) is 0 Å². The normalized spacial score (nSPS) is 12.8. The molecule has 1 rings (SSSR count). The SMILES string of the molecule is O=P(O)(O)CC(CCCc1ccccc1)CP(=O)(O)O. The molecule has 0 saturated heterocycles. The zero-order valence-corrected chi connectivity index (χ0v) is 12.8. The molecule has 0 aliphatic heterocycles. The molecule has 0 aromatic heterocycles. The average Bonchev–Trinajstić information content (AvgIpc) is 2.25. The molecule has 0 radical (unpaired) electrons. The van der Waals surface area contributed by atoms with E-state index in [0.29, 0.717) is 12.8 Å². The monoisotopic (exact) mass is 322 g/mol. The summed E-state index contributed by atoms with van der Waals surface area (Å²) in [5.74, 6) is -0.666. The van der Waals surface area contributed by atoms with Crippen LogP contribution in [0.3, 0.4) is 0 Å². The van der Waals surface area contributed by atoms with E-state index in [1.165, 1.54) is 0 Å². The van der Waals surface area contributed by atoms with Gasteiger partial charge in [-0.05, 0) is 30.7 Å². The summed E-state index contributed by atoms with van der Waals surface area (Å²) >= 11 is 0. The van der Waals surface area contributed by atoms with Crippen LogP contribution in [0.2, 0.25) is 0 Å². The minimum Gasteiger partial charge on any atom is -0.324 e. The van der Waals surface area contributed by atoms with Gasteiger partial charge in [-0.15, -0.1) is 0 Å². The second-order valence-corrected chi connectivity index (χ2v) is 8.33. The highest BCUT2D eigenvalue weighted by Crippen LogP contribution is 2.44. The Balaban J connectivity index is 2.52. The summed E-state index contributed by atoms with van der Waals surface area (Å²) in [7, 11) is -8.53. The molecule has 1 aromatic carbocycles. The summed E-state index contributed by atoms with van der Waals surface area (Å²) in [5.41, 5.74) is 1.10. The van der Waals surface area contributed by atoms with Crippen LogP contribution in [-0.4, -0.2) is 31.9 Å². The largest absolute Gasteiger partial charge is 0.325 e. The molecule has 4 N–H and O–H groups in total. The molecule has 0 atom stereocenters. The molecule has 8 heteroatoms. The number of hydrogen-bond acceptors (Lipinski definition) is 2. The average molecular weight is 322 g/mol. The van der Waals surface area contributed by atoms with Crippen LogP contribution in [0.4, 0.5) is 0 Å². The van der Waals surface area contributed by atoms with Gasteiger partial charge in [0.1, 0.15) is 0 Å². The van der Waals surface area contributed by atoms with Crippen LogP contribution in [0.5, 0.6) is 0 Å². The van der Waals surface area contributed by atoms with Crippen molar-refractivity contribution in [3.05, 3.63) is 35.9 Å². The van der Waals surface area contributed by atoms with Crippen LogP contribution in [0.1, 0.15) is 18.4 Å². The Labute approximate surface area is 118 Å². The first-order valence-corrected chi connectivity index (χ1v) is 9.88. The zero-order chi connectivity index (χ0) is 15.2. The molecule has 0 heterocycles. The Morgan fingerprint density at radius 1 is 0.900 bits per heavy atom. The van der Waals surface area contributed by atoms with Crippen LogP contribution in [0.15, 0.2) is 30.3 Å². The molecular weight excluding hydrogens is 302 g/mol. The van der Waals surface area contributed by atoms with Gasteiger partial charge in [0, 0.05) is 0 Å². The van der Waals surface area contributed by atoms with Crippen LogP contribution < -0.4 is 0 Å². The van der Waals surface area contributed by atoms with Gasteiger partial charge in [-0.25, -0.2) is 0 Å². The topological polar surface area (TPSA) is 115 Å². The summed E-state index contributed by atoms with van der Waals surface area (Å²) in [6.45, 7) is 0. The lowest BCUT2D eigenvalue weighted by Gasteiger charge is -2.18. The van der Waals surface area contributed by atoms with Gasteiger partial charge in [0.05, 0.1) is 12.3 Å². The van der Waals surface area contributed by atoms with Crippen molar-refractivity contribution in [3.8, 4) is 0 Å². The van der Waals surface area contributed by atoms with Gasteiger partial charge in [0.25, 0.3) is 0 Å². The third-order valence-corrected chi connectivity index (χ3v) is 4.90. The highest BCUT2D eigenvalue weighted by Gasteiger charge is 2.27. The molecule has 114 valence electrons. The van der Waals surface area contributed by atoms with Crippen LogP contribution in [0.25, 0.3) is 0 Å². The van der Waals surface area contributed by atoms with Gasteiger partial charge < -0.3 is 19.6 Å². The highest BCUT2D eigenvalue weighted by atomic mass is 31.2. The van der Waals surface area contributed by atoms with E-state index in [4.69, 9.17) is 19.6 Å². The van der Waals surface area contributed by atoms with Crippen molar-refractivity contribution in [2.75, 3.05) is 12.3 Å². The standard InChI is InChI=1S/C12H20O6P2/c13-19(14,15)9-12(10-20(16,17)18)8-4-7-11-5-2-1-3-6-11/h1-3,5-6,12H,4,7-10H2,(H2,13,14,15)(H2,16,17,18). The Hall–Kier alpha value is -0.480. The number of benzene rings is 1. The third-order valence-electron chi connectivity index (χ3n) is 2.91. The van der Waals surface area contributed by atoms with Crippen LogP contribution in [0, 0.1) is 5.92 Å². The summed E-state index contributed by atoms with van der Waals surface area (Å²) < 4.78 is 22.0. The predicted octanol–water partition coefficient (Wildman–Crippen LogP) is 1.98. The Bertz CT molecular complexity index is 468. The molecule has 1 aromatic rings. The summed E-state index contributed by atoms with van der Waals surface area (Å²) in [4.78, 5) is 35.8. The molecule has 0 aliphatic rings. The van der Waals surface area contributed by atoms with E-state index < -0.39 is 33.4 Å². The Kier molecular flexibility index (Phi) is 6.59. The lowest BCUT2D eigenvalue weighted by Crippen LogP contribution is -2.13. The Morgan fingerprint density at radius 3 is 1.85 bits per heavy atom. The van der Waals surface area contributed by atoms with Crippen LogP contribution >= 0.6 is 15.2 Å². The third kappa shape index (κ3) is 8.64. The fourth-order valence-corrected chi connectivity index (χ4v) is 4.32. The Morgan fingerprint density at radius 2 is 1.40 bits per heavy atom. The van der Waals surface area contributed by atoms with E-state index in [1.807, 2.05) is 30.3 Å². The van der Waals surface area contributed by atoms with E-state index in [2.05, 4.69) is 0 Å². The van der Waals surface area contributed by atoms with E-state index in [-0.39, 0.29) is 0 Å². The van der Waals surface area contributed by atoms with Crippen molar-refractivity contribution in [3.63, 3.8) is 0 Å². The van der Waals surface area contributed by atoms with Crippen molar-refractivity contribution < 1.29 is 28.7 Å². The fourth-order valence-electron chi connectivity index (χ4n) is 2.15. The lowest BCUT2D eigenvalue weighted by molar-refractivity contribution is 0.346. The maximum Gasteiger partial charge on any atom is 0.325 e. The molecule has 6 nitrogen and oxygen atoms in total. The number of hydrogen-bond donors (Lipinski definition) is 4. The second-order valence-electron chi connectivity index (χ2n) is 4.94. The first-order chi connectivity index (χ1) is 9.16. The molecule has 0 amide bonds. The quantitative estimate of drug-likeness (QED) is 0.544. The van der Waals surface area contributed by atoms with E-state index in [9.17, 15) is 9.13 Å². The van der Waals surface area contributed by atoms with Crippen molar-refractivity contribution in [2.45, 2.75) is 19.3 Å². The van der Waals surface area contributed by atoms with Gasteiger partial charge in [0.2, 0.25) is 0 Å². The molecule has 0 unspecified atom stereocenters. The predicted molar refractivity (Wildman–Crippen MR) is 76.7 cm³/mol. The van der Waals surface area contributed by atoms with Crippen molar-refractivity contribution in [1.29, 1.82) is 0 Å². The van der Waals surface area contributed by atoms with E-state index in [1.54, 1.807) is 0 Å². The summed E-state index contributed by atoms with van der Waals surface area (Å²) in [6, 6.07) is 9.59. The van der Waals surface area contributed by atoms with Crippen molar-refractivity contribution >= 4 is 15.2 Å². The molecule has 0 saturated carbocycles. The lowest BCUT2D eigenvalue weighted by atomic mass is 10.0. The highest BCUT2D eigenvalue weighted by molar-refractivity contribution is 7.52. The summed E-state index contributed by atoms with van der Waals surface area (Å²) in [6.07, 6.45) is 0.777. The maximum absolute atomic E-state index is 11.0. The second kappa shape index (κ2) is 7.51. The first-order valence-electron chi connectivity index (χ1n) is 6.29. The van der Waals surface area contributed by atoms with Gasteiger partial charge in [-0.2, -0.15) is 0 Å².